The van der Waals surface area contributed by atoms with Crippen molar-refractivity contribution in [1.82, 2.24) is 14.9 Å². The van der Waals surface area contributed by atoms with Gasteiger partial charge in [-0.15, -0.1) is 0 Å². The summed E-state index contributed by atoms with van der Waals surface area (Å²) in [5.74, 6) is 1.98. The van der Waals surface area contributed by atoms with Gasteiger partial charge in [0.05, 0.1) is 11.4 Å². The molecule has 1 heterocycles. The van der Waals surface area contributed by atoms with E-state index in [-0.39, 0.29) is 17.3 Å². The standard InChI is InChI=1S/C22H19N3O4S/c1-16-6-5-7-19(14-16)28-18-12-10-17(11-13-18)22-24-21(29-25-22)15-23-30(26,27)20-8-3-2-4-9-20/h2-14,23H,15H2,1H3. The first kappa shape index (κ1) is 19.8. The van der Waals surface area contributed by atoms with Crippen LogP contribution in [0.1, 0.15) is 11.5 Å². The highest BCUT2D eigenvalue weighted by atomic mass is 32.2. The van der Waals surface area contributed by atoms with E-state index in [2.05, 4.69) is 14.9 Å². The van der Waals surface area contributed by atoms with Crippen LogP contribution in [0.15, 0.2) is 88.3 Å². The van der Waals surface area contributed by atoms with Crippen LogP contribution in [-0.4, -0.2) is 18.6 Å². The average Bonchev–Trinajstić information content (AvgIpc) is 3.23. The molecule has 1 N–H and O–H groups in total. The van der Waals surface area contributed by atoms with Crippen molar-refractivity contribution in [2.45, 2.75) is 18.4 Å². The Kier molecular flexibility index (Phi) is 5.60. The number of aryl methyl sites for hydroxylation is 1. The molecule has 0 spiro atoms. The first-order valence-electron chi connectivity index (χ1n) is 9.22. The third-order valence-corrected chi connectivity index (χ3v) is 5.69. The second-order valence-corrected chi connectivity index (χ2v) is 8.36. The Morgan fingerprint density at radius 3 is 2.43 bits per heavy atom. The summed E-state index contributed by atoms with van der Waals surface area (Å²) in [4.78, 5) is 4.43. The molecule has 152 valence electrons. The Morgan fingerprint density at radius 2 is 1.70 bits per heavy atom. The second-order valence-electron chi connectivity index (χ2n) is 6.59. The number of sulfonamides is 1. The zero-order chi connectivity index (χ0) is 21.0. The molecule has 7 nitrogen and oxygen atoms in total. The molecule has 0 saturated heterocycles. The molecular formula is C22H19N3O4S. The van der Waals surface area contributed by atoms with Gasteiger partial charge in [-0.3, -0.25) is 0 Å². The fourth-order valence-corrected chi connectivity index (χ4v) is 3.77. The van der Waals surface area contributed by atoms with Crippen LogP contribution in [0.25, 0.3) is 11.4 Å². The normalized spacial score (nSPS) is 11.4. The molecular weight excluding hydrogens is 402 g/mol. The topological polar surface area (TPSA) is 94.3 Å². The first-order valence-corrected chi connectivity index (χ1v) is 10.7. The van der Waals surface area contributed by atoms with Gasteiger partial charge in [-0.2, -0.15) is 4.98 Å². The first-order chi connectivity index (χ1) is 14.5. The van der Waals surface area contributed by atoms with E-state index in [4.69, 9.17) is 9.26 Å². The van der Waals surface area contributed by atoms with Gasteiger partial charge in [-0.05, 0) is 61.0 Å². The molecule has 8 heteroatoms. The Labute approximate surface area is 174 Å². The molecule has 1 aromatic heterocycles. The molecule has 0 radical (unpaired) electrons. The number of aromatic nitrogens is 2. The van der Waals surface area contributed by atoms with Crippen LogP contribution in [0, 0.1) is 6.92 Å². The van der Waals surface area contributed by atoms with Gasteiger partial charge in [-0.25, -0.2) is 13.1 Å². The molecule has 4 aromatic rings. The molecule has 30 heavy (non-hydrogen) atoms. The predicted molar refractivity (Wildman–Crippen MR) is 111 cm³/mol. The summed E-state index contributed by atoms with van der Waals surface area (Å²) in [5.41, 5.74) is 1.85. The van der Waals surface area contributed by atoms with Crippen molar-refractivity contribution < 1.29 is 17.7 Å². The summed E-state index contributed by atoms with van der Waals surface area (Å²) in [7, 11) is -3.65. The second kappa shape index (κ2) is 8.48. The van der Waals surface area contributed by atoms with E-state index in [1.165, 1.54) is 12.1 Å². The number of hydrogen-bond donors (Lipinski definition) is 1. The van der Waals surface area contributed by atoms with Gasteiger partial charge >= 0.3 is 0 Å². The molecule has 0 aliphatic rings. The molecule has 0 saturated carbocycles. The summed E-state index contributed by atoms with van der Waals surface area (Å²) in [6, 6.07) is 23.1. The number of benzene rings is 3. The van der Waals surface area contributed by atoms with Crippen LogP contribution < -0.4 is 9.46 Å². The lowest BCUT2D eigenvalue weighted by molar-refractivity contribution is 0.376. The molecule has 0 fully saturated rings. The molecule has 0 amide bonds. The minimum absolute atomic E-state index is 0.0984. The highest BCUT2D eigenvalue weighted by Crippen LogP contribution is 2.25. The molecule has 4 rings (SSSR count). The van der Waals surface area contributed by atoms with Crippen molar-refractivity contribution in [3.63, 3.8) is 0 Å². The SMILES string of the molecule is Cc1cccc(Oc2ccc(-c3noc(CNS(=O)(=O)c4ccccc4)n3)cc2)c1. The maximum atomic E-state index is 12.3. The van der Waals surface area contributed by atoms with Crippen LogP contribution in [0.3, 0.4) is 0 Å². The van der Waals surface area contributed by atoms with E-state index in [1.807, 2.05) is 55.5 Å². The third-order valence-electron chi connectivity index (χ3n) is 4.27. The molecule has 0 bridgehead atoms. The smallest absolute Gasteiger partial charge is 0.242 e. The van der Waals surface area contributed by atoms with Crippen LogP contribution in [-0.2, 0) is 16.6 Å². The summed E-state index contributed by atoms with van der Waals surface area (Å²) in [6.45, 7) is 1.91. The van der Waals surface area contributed by atoms with Gasteiger partial charge < -0.3 is 9.26 Å². The quantitative estimate of drug-likeness (QED) is 0.478. The van der Waals surface area contributed by atoms with Gasteiger partial charge in [0.25, 0.3) is 0 Å². The van der Waals surface area contributed by atoms with E-state index in [0.717, 1.165) is 16.9 Å². The largest absolute Gasteiger partial charge is 0.457 e. The fourth-order valence-electron chi connectivity index (χ4n) is 2.77. The number of rotatable bonds is 7. The number of hydrogen-bond acceptors (Lipinski definition) is 6. The van der Waals surface area contributed by atoms with Crippen LogP contribution in [0.4, 0.5) is 0 Å². The zero-order valence-corrected chi connectivity index (χ0v) is 17.0. The Bertz CT molecular complexity index is 1240. The molecule has 0 atom stereocenters. The van der Waals surface area contributed by atoms with E-state index >= 15 is 0 Å². The van der Waals surface area contributed by atoms with Crippen molar-refractivity contribution in [2.24, 2.45) is 0 Å². The zero-order valence-electron chi connectivity index (χ0n) is 16.1. The van der Waals surface area contributed by atoms with Crippen molar-refractivity contribution in [3.8, 4) is 22.9 Å². The van der Waals surface area contributed by atoms with Crippen LogP contribution in [0.5, 0.6) is 11.5 Å². The van der Waals surface area contributed by atoms with Gasteiger partial charge in [-0.1, -0.05) is 35.5 Å². The third kappa shape index (κ3) is 4.73. The van der Waals surface area contributed by atoms with Crippen molar-refractivity contribution >= 4 is 10.0 Å². The van der Waals surface area contributed by atoms with Gasteiger partial charge in [0, 0.05) is 5.56 Å². The van der Waals surface area contributed by atoms with E-state index < -0.39 is 10.0 Å². The summed E-state index contributed by atoms with van der Waals surface area (Å²) < 4.78 is 38.0. The molecule has 0 unspecified atom stereocenters. The average molecular weight is 421 g/mol. The van der Waals surface area contributed by atoms with Gasteiger partial charge in [0.1, 0.15) is 11.5 Å². The molecule has 0 aliphatic heterocycles. The lowest BCUT2D eigenvalue weighted by atomic mass is 10.2. The predicted octanol–water partition coefficient (Wildman–Crippen LogP) is 4.32. The number of ether oxygens (including phenoxy) is 1. The summed E-state index contributed by atoms with van der Waals surface area (Å²) >= 11 is 0. The lowest BCUT2D eigenvalue weighted by Crippen LogP contribution is -2.23. The summed E-state index contributed by atoms with van der Waals surface area (Å²) in [6.07, 6.45) is 0. The van der Waals surface area contributed by atoms with E-state index in [9.17, 15) is 8.42 Å². The Hall–Kier alpha value is -3.49. The van der Waals surface area contributed by atoms with Gasteiger partial charge in [0.2, 0.25) is 21.7 Å². The van der Waals surface area contributed by atoms with Gasteiger partial charge in [0.15, 0.2) is 0 Å². The minimum Gasteiger partial charge on any atom is -0.457 e. The summed E-state index contributed by atoms with van der Waals surface area (Å²) in [5, 5.41) is 3.92. The number of nitrogens with one attached hydrogen (secondary N) is 1. The van der Waals surface area contributed by atoms with Crippen molar-refractivity contribution in [2.75, 3.05) is 0 Å². The monoisotopic (exact) mass is 421 g/mol. The van der Waals surface area contributed by atoms with Crippen molar-refractivity contribution in [3.05, 3.63) is 90.3 Å². The Morgan fingerprint density at radius 1 is 0.933 bits per heavy atom. The fraction of sp³-hybridized carbons (Fsp3) is 0.0909. The molecule has 0 aliphatic carbocycles. The maximum absolute atomic E-state index is 12.3. The highest BCUT2D eigenvalue weighted by molar-refractivity contribution is 7.89. The lowest BCUT2D eigenvalue weighted by Gasteiger charge is -2.06. The van der Waals surface area contributed by atoms with Crippen molar-refractivity contribution in [1.29, 1.82) is 0 Å². The maximum Gasteiger partial charge on any atom is 0.242 e. The minimum atomic E-state index is -3.65. The van der Waals surface area contributed by atoms with E-state index in [1.54, 1.807) is 18.2 Å². The number of nitrogens with zero attached hydrogens (tertiary/aromatic N) is 2. The van der Waals surface area contributed by atoms with Crippen LogP contribution in [0.2, 0.25) is 0 Å². The Balaban J connectivity index is 1.41. The van der Waals surface area contributed by atoms with Crippen LogP contribution >= 0.6 is 0 Å². The highest BCUT2D eigenvalue weighted by Gasteiger charge is 2.16. The molecule has 3 aromatic carbocycles. The van der Waals surface area contributed by atoms with E-state index in [0.29, 0.717) is 11.6 Å².